The maximum Gasteiger partial charge on any atom is 0.147 e. The van der Waals surface area contributed by atoms with E-state index in [0.717, 1.165) is 34.2 Å². The SMILES string of the molecule is C[C@](N)(CO)c1nnc(-c2ccc(-c3cnn(CCC4CCCCC4)c3)cc2)s1. The van der Waals surface area contributed by atoms with Crippen LogP contribution < -0.4 is 5.73 Å². The maximum atomic E-state index is 9.41. The smallest absolute Gasteiger partial charge is 0.147 e. The van der Waals surface area contributed by atoms with Crippen LogP contribution in [0.5, 0.6) is 0 Å². The van der Waals surface area contributed by atoms with Gasteiger partial charge in [0.2, 0.25) is 0 Å². The molecule has 0 radical (unpaired) electrons. The first kappa shape index (κ1) is 20.2. The Bertz CT molecular complexity index is 925. The van der Waals surface area contributed by atoms with Crippen LogP contribution in [0.3, 0.4) is 0 Å². The highest BCUT2D eigenvalue weighted by molar-refractivity contribution is 7.14. The second-order valence-electron chi connectivity index (χ2n) is 8.35. The topological polar surface area (TPSA) is 89.8 Å². The molecule has 0 bridgehead atoms. The molecule has 1 aliphatic carbocycles. The molecule has 29 heavy (non-hydrogen) atoms. The molecule has 6 nitrogen and oxygen atoms in total. The molecule has 1 fully saturated rings. The number of rotatable bonds is 7. The second kappa shape index (κ2) is 8.73. The summed E-state index contributed by atoms with van der Waals surface area (Å²) in [6.07, 6.45) is 12.3. The minimum absolute atomic E-state index is 0.161. The summed E-state index contributed by atoms with van der Waals surface area (Å²) < 4.78 is 2.08. The molecule has 3 aromatic rings. The number of aliphatic hydroxyl groups is 1. The molecule has 2 aromatic heterocycles. The maximum absolute atomic E-state index is 9.41. The molecular formula is C22H29N5OS. The number of nitrogens with two attached hydrogens (primary N) is 1. The van der Waals surface area contributed by atoms with E-state index in [4.69, 9.17) is 5.73 Å². The molecule has 0 unspecified atom stereocenters. The molecule has 4 rings (SSSR count). The summed E-state index contributed by atoms with van der Waals surface area (Å²) in [7, 11) is 0. The van der Waals surface area contributed by atoms with Gasteiger partial charge in [0, 0.05) is 23.9 Å². The molecule has 0 saturated heterocycles. The Morgan fingerprint density at radius 2 is 1.83 bits per heavy atom. The first-order valence-corrected chi connectivity index (χ1v) is 11.2. The summed E-state index contributed by atoms with van der Waals surface area (Å²) in [6, 6.07) is 8.27. The Kier molecular flexibility index (Phi) is 6.08. The molecule has 7 heteroatoms. The fourth-order valence-electron chi connectivity index (χ4n) is 3.87. The molecule has 1 aromatic carbocycles. The minimum atomic E-state index is -0.859. The van der Waals surface area contributed by atoms with E-state index in [9.17, 15) is 5.11 Å². The zero-order chi connectivity index (χ0) is 20.3. The summed E-state index contributed by atoms with van der Waals surface area (Å²) in [5.41, 5.74) is 8.46. The number of benzene rings is 1. The number of aryl methyl sites for hydroxylation is 1. The molecule has 2 heterocycles. The Morgan fingerprint density at radius 1 is 1.10 bits per heavy atom. The van der Waals surface area contributed by atoms with E-state index >= 15 is 0 Å². The van der Waals surface area contributed by atoms with Crippen LogP contribution in [0.15, 0.2) is 36.7 Å². The van der Waals surface area contributed by atoms with Gasteiger partial charge in [-0.25, -0.2) is 0 Å². The normalized spacial score (nSPS) is 17.3. The van der Waals surface area contributed by atoms with Crippen LogP contribution in [0, 0.1) is 5.92 Å². The van der Waals surface area contributed by atoms with Crippen molar-refractivity contribution in [1.29, 1.82) is 0 Å². The Balaban J connectivity index is 1.41. The van der Waals surface area contributed by atoms with E-state index in [1.165, 1.54) is 49.9 Å². The van der Waals surface area contributed by atoms with E-state index in [-0.39, 0.29) is 6.61 Å². The lowest BCUT2D eigenvalue weighted by molar-refractivity contribution is 0.209. The van der Waals surface area contributed by atoms with Crippen molar-refractivity contribution < 1.29 is 5.11 Å². The molecule has 0 amide bonds. The first-order chi connectivity index (χ1) is 14.0. The zero-order valence-electron chi connectivity index (χ0n) is 16.9. The summed E-state index contributed by atoms with van der Waals surface area (Å²) in [5, 5.41) is 23.8. The third-order valence-corrected chi connectivity index (χ3v) is 7.08. The summed E-state index contributed by atoms with van der Waals surface area (Å²) in [6.45, 7) is 2.59. The van der Waals surface area contributed by atoms with Crippen molar-refractivity contribution in [2.24, 2.45) is 11.7 Å². The molecule has 0 aliphatic heterocycles. The summed E-state index contributed by atoms with van der Waals surface area (Å²) in [4.78, 5) is 0. The van der Waals surface area contributed by atoms with E-state index in [1.807, 2.05) is 18.3 Å². The highest BCUT2D eigenvalue weighted by Crippen LogP contribution is 2.30. The fourth-order valence-corrected chi connectivity index (χ4v) is 4.77. The predicted octanol–water partition coefficient (Wildman–Crippen LogP) is 4.21. The van der Waals surface area contributed by atoms with Crippen LogP contribution >= 0.6 is 11.3 Å². The van der Waals surface area contributed by atoms with Crippen LogP contribution in [-0.4, -0.2) is 31.7 Å². The van der Waals surface area contributed by atoms with Crippen molar-refractivity contribution in [3.8, 4) is 21.7 Å². The molecule has 1 atom stereocenters. The lowest BCUT2D eigenvalue weighted by Crippen LogP contribution is -2.36. The Hall–Kier alpha value is -2.09. The van der Waals surface area contributed by atoms with Gasteiger partial charge in [0.05, 0.1) is 18.3 Å². The van der Waals surface area contributed by atoms with Gasteiger partial charge < -0.3 is 10.8 Å². The summed E-state index contributed by atoms with van der Waals surface area (Å²) >= 11 is 1.42. The number of aliphatic hydroxyl groups excluding tert-OH is 1. The number of hydrogen-bond acceptors (Lipinski definition) is 6. The van der Waals surface area contributed by atoms with Gasteiger partial charge in [-0.05, 0) is 24.8 Å². The molecule has 1 aliphatic rings. The minimum Gasteiger partial charge on any atom is -0.394 e. The van der Waals surface area contributed by atoms with Crippen molar-refractivity contribution in [2.45, 2.75) is 57.5 Å². The number of nitrogens with zero attached hydrogens (tertiary/aromatic N) is 4. The zero-order valence-corrected chi connectivity index (χ0v) is 17.7. The average Bonchev–Trinajstić information content (AvgIpc) is 3.44. The quantitative estimate of drug-likeness (QED) is 0.608. The standard InChI is InChI=1S/C22H29N5OS/c1-22(23,15-28)21-26-25-20(29-21)18-9-7-17(8-10-18)19-13-24-27(14-19)12-11-16-5-3-2-4-6-16/h7-10,13-14,16,28H,2-6,11-12,15,23H2,1H3/t22-/m0/s1. The van der Waals surface area contributed by atoms with Gasteiger partial charge in [-0.1, -0.05) is 67.7 Å². The van der Waals surface area contributed by atoms with E-state index in [1.54, 1.807) is 6.92 Å². The van der Waals surface area contributed by atoms with Crippen molar-refractivity contribution in [2.75, 3.05) is 6.61 Å². The highest BCUT2D eigenvalue weighted by Gasteiger charge is 2.25. The van der Waals surface area contributed by atoms with Gasteiger partial charge in [-0.3, -0.25) is 4.68 Å². The fraction of sp³-hybridized carbons (Fsp3) is 0.500. The van der Waals surface area contributed by atoms with Gasteiger partial charge in [0.15, 0.2) is 0 Å². The Morgan fingerprint density at radius 3 is 2.55 bits per heavy atom. The molecular weight excluding hydrogens is 382 g/mol. The van der Waals surface area contributed by atoms with E-state index < -0.39 is 5.54 Å². The van der Waals surface area contributed by atoms with E-state index in [2.05, 4.69) is 38.3 Å². The summed E-state index contributed by atoms with van der Waals surface area (Å²) in [5.74, 6) is 0.869. The third-order valence-electron chi connectivity index (χ3n) is 5.83. The van der Waals surface area contributed by atoms with Gasteiger partial charge in [-0.2, -0.15) is 5.10 Å². The van der Waals surface area contributed by atoms with Crippen molar-refractivity contribution in [1.82, 2.24) is 20.0 Å². The van der Waals surface area contributed by atoms with Gasteiger partial charge in [0.25, 0.3) is 0 Å². The molecule has 0 spiro atoms. The average molecular weight is 412 g/mol. The van der Waals surface area contributed by atoms with E-state index in [0.29, 0.717) is 5.01 Å². The lowest BCUT2D eigenvalue weighted by Gasteiger charge is -2.21. The van der Waals surface area contributed by atoms with Crippen LogP contribution in [0.1, 0.15) is 50.5 Å². The largest absolute Gasteiger partial charge is 0.394 e. The van der Waals surface area contributed by atoms with Crippen LogP contribution in [0.2, 0.25) is 0 Å². The first-order valence-electron chi connectivity index (χ1n) is 10.4. The van der Waals surface area contributed by atoms with Gasteiger partial charge >= 0.3 is 0 Å². The van der Waals surface area contributed by atoms with Crippen LogP contribution in [0.4, 0.5) is 0 Å². The molecule has 1 saturated carbocycles. The molecule has 154 valence electrons. The Labute approximate surface area is 175 Å². The lowest BCUT2D eigenvalue weighted by atomic mass is 9.87. The number of hydrogen-bond donors (Lipinski definition) is 2. The van der Waals surface area contributed by atoms with Crippen molar-refractivity contribution in [3.05, 3.63) is 41.7 Å². The van der Waals surface area contributed by atoms with Crippen LogP contribution in [-0.2, 0) is 12.1 Å². The molecule has 3 N–H and O–H groups in total. The third kappa shape index (κ3) is 4.74. The monoisotopic (exact) mass is 411 g/mol. The van der Waals surface area contributed by atoms with Gasteiger partial charge in [-0.15, -0.1) is 10.2 Å². The number of aromatic nitrogens is 4. The van der Waals surface area contributed by atoms with Crippen molar-refractivity contribution in [3.63, 3.8) is 0 Å². The van der Waals surface area contributed by atoms with Crippen molar-refractivity contribution >= 4 is 11.3 Å². The van der Waals surface area contributed by atoms with Gasteiger partial charge in [0.1, 0.15) is 10.0 Å². The predicted molar refractivity (Wildman–Crippen MR) is 116 cm³/mol. The highest BCUT2D eigenvalue weighted by atomic mass is 32.1. The second-order valence-corrected chi connectivity index (χ2v) is 9.33. The van der Waals surface area contributed by atoms with Crippen LogP contribution in [0.25, 0.3) is 21.7 Å².